The van der Waals surface area contributed by atoms with Crippen LogP contribution >= 0.6 is 11.8 Å². The van der Waals surface area contributed by atoms with Crippen LogP contribution < -0.4 is 10.1 Å². The molecule has 6 heteroatoms. The minimum atomic E-state index is -0.360. The van der Waals surface area contributed by atoms with Crippen molar-refractivity contribution in [1.29, 1.82) is 5.26 Å². The summed E-state index contributed by atoms with van der Waals surface area (Å²) in [6.45, 7) is 7.76. The quantitative estimate of drug-likeness (QED) is 0.452. The number of carbonyl (C=O) groups excluding carboxylic acids is 1. The fourth-order valence-electron chi connectivity index (χ4n) is 3.04. The molecule has 3 aromatic rings. The second-order valence-corrected chi connectivity index (χ2v) is 8.37. The van der Waals surface area contributed by atoms with Crippen LogP contribution in [-0.2, 0) is 4.79 Å². The SMILES string of the molecule is CCC(Sc1nc(C)c(C)c(C)c1C#N)C(=O)Nc1ccc(Oc2ccccc2)cc1. The molecular formula is C25H25N3O2S. The highest BCUT2D eigenvalue weighted by Crippen LogP contribution is 2.31. The minimum absolute atomic E-state index is 0.120. The van der Waals surface area contributed by atoms with Gasteiger partial charge in [-0.25, -0.2) is 4.98 Å². The maximum absolute atomic E-state index is 12.9. The number of carbonyl (C=O) groups is 1. The van der Waals surface area contributed by atoms with Crippen LogP contribution in [-0.4, -0.2) is 16.1 Å². The van der Waals surface area contributed by atoms with Gasteiger partial charge >= 0.3 is 0 Å². The molecule has 5 nitrogen and oxygen atoms in total. The molecule has 1 aromatic heterocycles. The van der Waals surface area contributed by atoms with Crippen LogP contribution in [0.3, 0.4) is 0 Å². The zero-order valence-corrected chi connectivity index (χ0v) is 18.9. The first-order chi connectivity index (χ1) is 14.9. The maximum Gasteiger partial charge on any atom is 0.237 e. The van der Waals surface area contributed by atoms with E-state index in [0.717, 1.165) is 22.6 Å². The van der Waals surface area contributed by atoms with Gasteiger partial charge < -0.3 is 10.1 Å². The molecular weight excluding hydrogens is 406 g/mol. The summed E-state index contributed by atoms with van der Waals surface area (Å²) >= 11 is 1.34. The Morgan fingerprint density at radius 3 is 2.32 bits per heavy atom. The van der Waals surface area contributed by atoms with Gasteiger partial charge in [0.25, 0.3) is 0 Å². The highest BCUT2D eigenvalue weighted by Gasteiger charge is 2.22. The number of pyridine rings is 1. The number of thioether (sulfide) groups is 1. The summed E-state index contributed by atoms with van der Waals surface area (Å²) in [7, 11) is 0. The molecule has 0 spiro atoms. The van der Waals surface area contributed by atoms with Crippen LogP contribution in [0.5, 0.6) is 11.5 Å². The van der Waals surface area contributed by atoms with Crippen LogP contribution in [0.1, 0.15) is 35.7 Å². The number of ether oxygens (including phenoxy) is 1. The highest BCUT2D eigenvalue weighted by atomic mass is 32.2. The average molecular weight is 432 g/mol. The van der Waals surface area contributed by atoms with Crippen molar-refractivity contribution >= 4 is 23.4 Å². The Labute approximate surface area is 187 Å². The number of hydrogen-bond donors (Lipinski definition) is 1. The first-order valence-corrected chi connectivity index (χ1v) is 11.0. The highest BCUT2D eigenvalue weighted by molar-refractivity contribution is 8.00. The van der Waals surface area contributed by atoms with E-state index >= 15 is 0 Å². The van der Waals surface area contributed by atoms with E-state index in [1.165, 1.54) is 11.8 Å². The summed E-state index contributed by atoms with van der Waals surface area (Å²) in [4.78, 5) is 17.5. The third-order valence-electron chi connectivity index (χ3n) is 5.09. The lowest BCUT2D eigenvalue weighted by Crippen LogP contribution is -2.25. The van der Waals surface area contributed by atoms with E-state index in [1.807, 2.05) is 82.3 Å². The van der Waals surface area contributed by atoms with Gasteiger partial charge in [0, 0.05) is 11.4 Å². The molecule has 0 aliphatic rings. The predicted molar refractivity (Wildman–Crippen MR) is 125 cm³/mol. The molecule has 3 rings (SSSR count). The maximum atomic E-state index is 12.9. The number of benzene rings is 2. The first kappa shape index (κ1) is 22.4. The number of anilines is 1. The smallest absolute Gasteiger partial charge is 0.237 e. The van der Waals surface area contributed by atoms with E-state index in [9.17, 15) is 10.1 Å². The van der Waals surface area contributed by atoms with Crippen molar-refractivity contribution < 1.29 is 9.53 Å². The zero-order chi connectivity index (χ0) is 22.4. The fraction of sp³-hybridized carbons (Fsp3) is 0.240. The van der Waals surface area contributed by atoms with Gasteiger partial charge in [0.1, 0.15) is 22.6 Å². The zero-order valence-electron chi connectivity index (χ0n) is 18.1. The van der Waals surface area contributed by atoms with Gasteiger partial charge in [-0.05, 0) is 74.7 Å². The molecule has 1 heterocycles. The molecule has 0 fully saturated rings. The van der Waals surface area contributed by atoms with E-state index in [4.69, 9.17) is 4.74 Å². The number of hydrogen-bond acceptors (Lipinski definition) is 5. The van der Waals surface area contributed by atoms with Crippen molar-refractivity contribution in [2.24, 2.45) is 0 Å². The summed E-state index contributed by atoms with van der Waals surface area (Å²) in [6, 6.07) is 19.0. The van der Waals surface area contributed by atoms with Gasteiger partial charge in [-0.1, -0.05) is 36.9 Å². The van der Waals surface area contributed by atoms with Crippen molar-refractivity contribution in [1.82, 2.24) is 4.98 Å². The monoisotopic (exact) mass is 431 g/mol. The Morgan fingerprint density at radius 1 is 1.06 bits per heavy atom. The molecule has 0 aliphatic carbocycles. The molecule has 158 valence electrons. The van der Waals surface area contributed by atoms with E-state index in [1.54, 1.807) is 0 Å². The van der Waals surface area contributed by atoms with Crippen molar-refractivity contribution in [3.05, 3.63) is 77.0 Å². The first-order valence-electron chi connectivity index (χ1n) is 10.1. The molecule has 1 amide bonds. The number of nitrogens with one attached hydrogen (secondary N) is 1. The van der Waals surface area contributed by atoms with Gasteiger partial charge in [-0.2, -0.15) is 5.26 Å². The molecule has 2 aromatic carbocycles. The number of aryl methyl sites for hydroxylation is 1. The lowest BCUT2D eigenvalue weighted by Gasteiger charge is -2.17. The summed E-state index contributed by atoms with van der Waals surface area (Å²) in [5, 5.41) is 12.8. The second kappa shape index (κ2) is 10.1. The molecule has 0 radical (unpaired) electrons. The van der Waals surface area contributed by atoms with Crippen LogP contribution in [0.25, 0.3) is 0 Å². The van der Waals surface area contributed by atoms with Gasteiger partial charge in [0.15, 0.2) is 0 Å². The largest absolute Gasteiger partial charge is 0.457 e. The Hall–Kier alpha value is -3.30. The van der Waals surface area contributed by atoms with Crippen LogP contribution in [0.15, 0.2) is 59.6 Å². The molecule has 0 bridgehead atoms. The van der Waals surface area contributed by atoms with E-state index in [-0.39, 0.29) is 11.2 Å². The molecule has 0 aliphatic heterocycles. The lowest BCUT2D eigenvalue weighted by molar-refractivity contribution is -0.115. The van der Waals surface area contributed by atoms with Crippen LogP contribution in [0.4, 0.5) is 5.69 Å². The standard InChI is InChI=1S/C25H25N3O2S/c1-5-23(31-25-22(15-26)17(3)16(2)18(4)27-25)24(29)28-19-11-13-21(14-12-19)30-20-9-7-6-8-10-20/h6-14,23H,5H2,1-4H3,(H,28,29). The van der Waals surface area contributed by atoms with E-state index in [2.05, 4.69) is 16.4 Å². The number of aromatic nitrogens is 1. The lowest BCUT2D eigenvalue weighted by atomic mass is 10.1. The minimum Gasteiger partial charge on any atom is -0.457 e. The normalized spacial score (nSPS) is 11.5. The van der Waals surface area contributed by atoms with Crippen molar-refractivity contribution in [2.45, 2.75) is 44.4 Å². The Balaban J connectivity index is 1.70. The van der Waals surface area contributed by atoms with Gasteiger partial charge in [-0.15, -0.1) is 0 Å². The molecule has 1 atom stereocenters. The number of nitrogens with zero attached hydrogens (tertiary/aromatic N) is 2. The molecule has 1 unspecified atom stereocenters. The summed E-state index contributed by atoms with van der Waals surface area (Å²) in [6.07, 6.45) is 0.615. The number of rotatable bonds is 7. The van der Waals surface area contributed by atoms with E-state index < -0.39 is 0 Å². The number of para-hydroxylation sites is 1. The summed E-state index contributed by atoms with van der Waals surface area (Å²) < 4.78 is 5.79. The topological polar surface area (TPSA) is 75.0 Å². The van der Waals surface area contributed by atoms with Gasteiger partial charge in [-0.3, -0.25) is 4.79 Å². The molecule has 31 heavy (non-hydrogen) atoms. The Bertz CT molecular complexity index is 1110. The summed E-state index contributed by atoms with van der Waals surface area (Å²) in [5.41, 5.74) is 4.04. The molecule has 0 saturated carbocycles. The van der Waals surface area contributed by atoms with Crippen molar-refractivity contribution in [3.8, 4) is 17.6 Å². The Morgan fingerprint density at radius 2 is 1.71 bits per heavy atom. The Kier molecular flexibility index (Phi) is 7.32. The van der Waals surface area contributed by atoms with E-state index in [0.29, 0.717) is 28.4 Å². The average Bonchev–Trinajstić information content (AvgIpc) is 2.78. The number of amides is 1. The summed E-state index contributed by atoms with van der Waals surface area (Å²) in [5.74, 6) is 1.33. The number of nitriles is 1. The van der Waals surface area contributed by atoms with Crippen LogP contribution in [0.2, 0.25) is 0 Å². The van der Waals surface area contributed by atoms with Crippen molar-refractivity contribution in [3.63, 3.8) is 0 Å². The van der Waals surface area contributed by atoms with Crippen LogP contribution in [0, 0.1) is 32.1 Å². The molecule has 1 N–H and O–H groups in total. The van der Waals surface area contributed by atoms with Gasteiger partial charge in [0.05, 0.1) is 10.8 Å². The predicted octanol–water partition coefficient (Wildman–Crippen LogP) is 6.18. The third kappa shape index (κ3) is 5.44. The molecule has 0 saturated heterocycles. The third-order valence-corrected chi connectivity index (χ3v) is 6.44. The van der Waals surface area contributed by atoms with Gasteiger partial charge in [0.2, 0.25) is 5.91 Å². The fourth-order valence-corrected chi connectivity index (χ4v) is 4.15. The second-order valence-electron chi connectivity index (χ2n) is 7.18. The van der Waals surface area contributed by atoms with Crippen molar-refractivity contribution in [2.75, 3.05) is 5.32 Å².